The summed E-state index contributed by atoms with van der Waals surface area (Å²) < 4.78 is 5.14. The van der Waals surface area contributed by atoms with Crippen LogP contribution in [0.5, 0.6) is 0 Å². The van der Waals surface area contributed by atoms with Gasteiger partial charge in [0.05, 0.1) is 6.10 Å². The lowest BCUT2D eigenvalue weighted by Gasteiger charge is -2.19. The predicted molar refractivity (Wildman–Crippen MR) is 50.3 cm³/mol. The van der Waals surface area contributed by atoms with E-state index >= 15 is 0 Å². The van der Waals surface area contributed by atoms with Crippen molar-refractivity contribution in [2.45, 2.75) is 25.6 Å². The van der Waals surface area contributed by atoms with E-state index in [-0.39, 0.29) is 6.10 Å². The van der Waals surface area contributed by atoms with E-state index < -0.39 is 6.10 Å². The molecule has 1 heterocycles. The first-order valence-electron chi connectivity index (χ1n) is 4.40. The minimum atomic E-state index is -0.580. The lowest BCUT2D eigenvalue weighted by molar-refractivity contribution is -0.0150. The van der Waals surface area contributed by atoms with E-state index in [0.717, 1.165) is 12.0 Å². The van der Waals surface area contributed by atoms with Crippen LogP contribution in [0.3, 0.4) is 0 Å². The van der Waals surface area contributed by atoms with Crippen LogP contribution in [0.15, 0.2) is 24.5 Å². The molecule has 2 atom stereocenters. The molecule has 0 radical (unpaired) electrons. The summed E-state index contributed by atoms with van der Waals surface area (Å²) in [5.41, 5.74) is 0.802. The predicted octanol–water partition coefficient (Wildman–Crippen LogP) is 1.54. The van der Waals surface area contributed by atoms with E-state index in [4.69, 9.17) is 4.74 Å². The Morgan fingerprint density at radius 2 is 2.38 bits per heavy atom. The van der Waals surface area contributed by atoms with Crippen LogP contribution in [-0.2, 0) is 4.74 Å². The molecule has 13 heavy (non-hydrogen) atoms. The summed E-state index contributed by atoms with van der Waals surface area (Å²) in [4.78, 5) is 3.94. The van der Waals surface area contributed by atoms with Crippen LogP contribution < -0.4 is 0 Å². The Balaban J connectivity index is 2.72. The summed E-state index contributed by atoms with van der Waals surface area (Å²) in [7, 11) is 1.60. The first kappa shape index (κ1) is 10.2. The van der Waals surface area contributed by atoms with Crippen LogP contribution in [0.25, 0.3) is 0 Å². The van der Waals surface area contributed by atoms with Gasteiger partial charge in [-0.1, -0.05) is 13.0 Å². The van der Waals surface area contributed by atoms with Crippen molar-refractivity contribution in [1.82, 2.24) is 4.98 Å². The number of ether oxygens (including phenoxy) is 1. The van der Waals surface area contributed by atoms with Gasteiger partial charge >= 0.3 is 0 Å². The van der Waals surface area contributed by atoms with Crippen molar-refractivity contribution >= 4 is 0 Å². The smallest absolute Gasteiger partial charge is 0.107 e. The van der Waals surface area contributed by atoms with Crippen molar-refractivity contribution < 1.29 is 9.84 Å². The normalized spacial score (nSPS) is 15.3. The Hall–Kier alpha value is -0.930. The van der Waals surface area contributed by atoms with Gasteiger partial charge in [-0.25, -0.2) is 0 Å². The fourth-order valence-corrected chi connectivity index (χ4v) is 1.28. The van der Waals surface area contributed by atoms with Gasteiger partial charge in [-0.3, -0.25) is 4.98 Å². The van der Waals surface area contributed by atoms with Crippen molar-refractivity contribution in [3.8, 4) is 0 Å². The first-order valence-corrected chi connectivity index (χ1v) is 4.40. The SMILES string of the molecule is CCC(OC)C(O)c1cccnc1. The molecule has 0 amide bonds. The molecular weight excluding hydrogens is 166 g/mol. The van der Waals surface area contributed by atoms with Crippen LogP contribution >= 0.6 is 0 Å². The standard InChI is InChI=1S/C10H15NO2/c1-3-9(13-2)10(12)8-5-4-6-11-7-8/h4-7,9-10,12H,3H2,1-2H3. The second kappa shape index (κ2) is 4.94. The maximum absolute atomic E-state index is 9.82. The van der Waals surface area contributed by atoms with Gasteiger partial charge in [0.2, 0.25) is 0 Å². The minimum Gasteiger partial charge on any atom is -0.386 e. The lowest BCUT2D eigenvalue weighted by Crippen LogP contribution is -2.19. The molecule has 1 rings (SSSR count). The Morgan fingerprint density at radius 3 is 2.85 bits per heavy atom. The van der Waals surface area contributed by atoms with Crippen molar-refractivity contribution in [2.24, 2.45) is 0 Å². The average Bonchev–Trinajstić information content (AvgIpc) is 2.21. The van der Waals surface area contributed by atoms with Crippen LogP contribution in [0.2, 0.25) is 0 Å². The van der Waals surface area contributed by atoms with E-state index in [2.05, 4.69) is 4.98 Å². The summed E-state index contributed by atoms with van der Waals surface area (Å²) in [6.45, 7) is 1.98. The van der Waals surface area contributed by atoms with Crippen LogP contribution in [0, 0.1) is 0 Å². The highest BCUT2D eigenvalue weighted by atomic mass is 16.5. The van der Waals surface area contributed by atoms with Crippen molar-refractivity contribution in [3.63, 3.8) is 0 Å². The zero-order chi connectivity index (χ0) is 9.68. The molecule has 0 bridgehead atoms. The molecule has 3 nitrogen and oxygen atoms in total. The molecule has 0 aliphatic heterocycles. The summed E-state index contributed by atoms with van der Waals surface area (Å²) in [5.74, 6) is 0. The monoisotopic (exact) mass is 181 g/mol. The third-order valence-corrected chi connectivity index (χ3v) is 2.08. The average molecular weight is 181 g/mol. The molecule has 0 aliphatic carbocycles. The quantitative estimate of drug-likeness (QED) is 0.766. The summed E-state index contributed by atoms with van der Waals surface area (Å²) in [5, 5.41) is 9.82. The van der Waals surface area contributed by atoms with E-state index in [1.54, 1.807) is 25.6 Å². The van der Waals surface area contributed by atoms with Crippen LogP contribution in [-0.4, -0.2) is 23.3 Å². The number of nitrogens with zero attached hydrogens (tertiary/aromatic N) is 1. The lowest BCUT2D eigenvalue weighted by atomic mass is 10.0. The van der Waals surface area contributed by atoms with Gasteiger partial charge < -0.3 is 9.84 Å². The highest BCUT2D eigenvalue weighted by Crippen LogP contribution is 2.19. The molecule has 3 heteroatoms. The van der Waals surface area contributed by atoms with Gasteiger partial charge in [-0.05, 0) is 12.5 Å². The third-order valence-electron chi connectivity index (χ3n) is 2.08. The van der Waals surface area contributed by atoms with Crippen molar-refractivity contribution in [3.05, 3.63) is 30.1 Å². The van der Waals surface area contributed by atoms with Gasteiger partial charge in [-0.15, -0.1) is 0 Å². The van der Waals surface area contributed by atoms with Gasteiger partial charge in [0.25, 0.3) is 0 Å². The molecule has 0 fully saturated rings. The Kier molecular flexibility index (Phi) is 3.86. The van der Waals surface area contributed by atoms with Gasteiger partial charge in [0.1, 0.15) is 6.10 Å². The van der Waals surface area contributed by atoms with Crippen LogP contribution in [0.4, 0.5) is 0 Å². The number of aromatic nitrogens is 1. The Bertz CT molecular complexity index is 234. The maximum Gasteiger partial charge on any atom is 0.107 e. The Morgan fingerprint density at radius 1 is 1.62 bits per heavy atom. The first-order chi connectivity index (χ1) is 6.29. The molecule has 1 N–H and O–H groups in total. The van der Waals surface area contributed by atoms with Crippen molar-refractivity contribution in [1.29, 1.82) is 0 Å². The molecule has 2 unspecified atom stereocenters. The van der Waals surface area contributed by atoms with Gasteiger partial charge in [0.15, 0.2) is 0 Å². The number of rotatable bonds is 4. The molecule has 0 aliphatic rings. The number of aliphatic hydroxyl groups is 1. The molecule has 0 aromatic carbocycles. The number of methoxy groups -OCH3 is 1. The summed E-state index contributed by atoms with van der Waals surface area (Å²) >= 11 is 0. The fraction of sp³-hybridized carbons (Fsp3) is 0.500. The summed E-state index contributed by atoms with van der Waals surface area (Å²) in [6.07, 6.45) is 3.40. The minimum absolute atomic E-state index is 0.149. The van der Waals surface area contributed by atoms with E-state index in [1.807, 2.05) is 13.0 Å². The zero-order valence-corrected chi connectivity index (χ0v) is 7.97. The number of hydrogen-bond acceptors (Lipinski definition) is 3. The molecule has 1 aromatic heterocycles. The van der Waals surface area contributed by atoms with E-state index in [9.17, 15) is 5.11 Å². The molecule has 0 saturated heterocycles. The van der Waals surface area contributed by atoms with Gasteiger partial charge in [0, 0.05) is 25.1 Å². The molecule has 0 spiro atoms. The van der Waals surface area contributed by atoms with E-state index in [0.29, 0.717) is 0 Å². The second-order valence-corrected chi connectivity index (χ2v) is 2.91. The second-order valence-electron chi connectivity index (χ2n) is 2.91. The zero-order valence-electron chi connectivity index (χ0n) is 7.97. The summed E-state index contributed by atoms with van der Waals surface area (Å²) in [6, 6.07) is 3.65. The maximum atomic E-state index is 9.82. The molecular formula is C10H15NO2. The third kappa shape index (κ3) is 2.50. The van der Waals surface area contributed by atoms with Gasteiger partial charge in [-0.2, -0.15) is 0 Å². The number of pyridine rings is 1. The number of aliphatic hydroxyl groups excluding tert-OH is 1. The molecule has 72 valence electrons. The highest BCUT2D eigenvalue weighted by Gasteiger charge is 2.18. The Labute approximate surface area is 78.4 Å². The molecule has 0 saturated carbocycles. The van der Waals surface area contributed by atoms with Crippen molar-refractivity contribution in [2.75, 3.05) is 7.11 Å². The highest BCUT2D eigenvalue weighted by molar-refractivity contribution is 5.13. The largest absolute Gasteiger partial charge is 0.386 e. The molecule has 1 aromatic rings. The number of hydrogen-bond donors (Lipinski definition) is 1. The fourth-order valence-electron chi connectivity index (χ4n) is 1.28. The van der Waals surface area contributed by atoms with E-state index in [1.165, 1.54) is 0 Å². The topological polar surface area (TPSA) is 42.4 Å². The van der Waals surface area contributed by atoms with Crippen LogP contribution in [0.1, 0.15) is 25.0 Å².